The van der Waals surface area contributed by atoms with Gasteiger partial charge in [-0.1, -0.05) is 30.3 Å². The van der Waals surface area contributed by atoms with Gasteiger partial charge in [0.05, 0.1) is 5.69 Å². The van der Waals surface area contributed by atoms with Crippen LogP contribution in [0.3, 0.4) is 0 Å². The second-order valence-electron chi connectivity index (χ2n) is 7.12. The molecule has 0 aliphatic carbocycles. The van der Waals surface area contributed by atoms with E-state index in [-0.39, 0.29) is 4.90 Å². The fourth-order valence-corrected chi connectivity index (χ4v) is 5.32. The van der Waals surface area contributed by atoms with Gasteiger partial charge in [-0.2, -0.15) is 4.72 Å². The lowest BCUT2D eigenvalue weighted by Gasteiger charge is -2.45. The van der Waals surface area contributed by atoms with Crippen LogP contribution in [-0.2, 0) is 16.4 Å². The minimum absolute atomic E-state index is 0.232. The summed E-state index contributed by atoms with van der Waals surface area (Å²) in [5.41, 5.74) is 1.44. The van der Waals surface area contributed by atoms with Crippen molar-refractivity contribution in [2.75, 3.05) is 25.0 Å². The average Bonchev–Trinajstić information content (AvgIpc) is 2.64. The van der Waals surface area contributed by atoms with Crippen LogP contribution in [0.2, 0.25) is 0 Å². The topological polar surface area (TPSA) is 74.3 Å². The van der Waals surface area contributed by atoms with Gasteiger partial charge in [0.2, 0.25) is 10.0 Å². The molecule has 0 saturated carbocycles. The molecule has 4 rings (SSSR count). The van der Waals surface area contributed by atoms with Crippen molar-refractivity contribution in [3.8, 4) is 0 Å². The number of nitrogens with one attached hydrogen (secondary N) is 2. The van der Waals surface area contributed by atoms with Crippen molar-refractivity contribution in [1.29, 1.82) is 0 Å². The second kappa shape index (κ2) is 6.98. The molecule has 1 aromatic heterocycles. The minimum atomic E-state index is -3.51. The van der Waals surface area contributed by atoms with Crippen molar-refractivity contribution >= 4 is 15.7 Å². The second-order valence-corrected chi connectivity index (χ2v) is 8.77. The van der Waals surface area contributed by atoms with E-state index in [1.807, 2.05) is 6.07 Å². The quantitative estimate of drug-likeness (QED) is 0.861. The monoisotopic (exact) mass is 372 g/mol. The molecular weight excluding hydrogens is 348 g/mol. The lowest BCUT2D eigenvalue weighted by molar-refractivity contribution is 0.164. The zero-order chi connectivity index (χ0) is 18.0. The Morgan fingerprint density at radius 3 is 2.65 bits per heavy atom. The zero-order valence-corrected chi connectivity index (χ0v) is 15.5. The predicted molar refractivity (Wildman–Crippen MR) is 101 cm³/mol. The molecule has 1 aromatic carbocycles. The number of sulfonamides is 1. The molecule has 0 amide bonds. The molecule has 0 radical (unpaired) electrons. The Hall–Kier alpha value is -1.96. The molecule has 0 unspecified atom stereocenters. The van der Waals surface area contributed by atoms with Crippen LogP contribution in [0.4, 0.5) is 5.69 Å². The van der Waals surface area contributed by atoms with Crippen LogP contribution in [0.5, 0.6) is 0 Å². The minimum Gasteiger partial charge on any atom is -0.365 e. The molecule has 1 saturated heterocycles. The maximum absolute atomic E-state index is 12.6. The van der Waals surface area contributed by atoms with Gasteiger partial charge in [0, 0.05) is 25.5 Å². The first-order valence-electron chi connectivity index (χ1n) is 9.09. The first-order chi connectivity index (χ1) is 12.6. The fourth-order valence-electron chi connectivity index (χ4n) is 3.83. The van der Waals surface area contributed by atoms with E-state index in [1.165, 1.54) is 11.8 Å². The van der Waals surface area contributed by atoms with E-state index in [4.69, 9.17) is 0 Å². The van der Waals surface area contributed by atoms with Gasteiger partial charge in [0.25, 0.3) is 0 Å². The fraction of sp³-hybridized carbons (Fsp3) is 0.421. The summed E-state index contributed by atoms with van der Waals surface area (Å²) in [6.07, 6.45) is 6.71. The first kappa shape index (κ1) is 17.5. The Kier molecular flexibility index (Phi) is 4.69. The first-order valence-corrected chi connectivity index (χ1v) is 10.6. The van der Waals surface area contributed by atoms with Crippen molar-refractivity contribution in [3.05, 3.63) is 54.4 Å². The van der Waals surface area contributed by atoms with E-state index in [0.29, 0.717) is 5.69 Å². The van der Waals surface area contributed by atoms with Gasteiger partial charge in [-0.05, 0) is 43.9 Å². The van der Waals surface area contributed by atoms with E-state index in [1.54, 1.807) is 12.3 Å². The maximum Gasteiger partial charge on any atom is 0.246 e. The summed E-state index contributed by atoms with van der Waals surface area (Å²) < 4.78 is 28.0. The molecule has 0 atom stereocenters. The lowest BCUT2D eigenvalue weighted by Crippen LogP contribution is -2.62. The van der Waals surface area contributed by atoms with Crippen molar-refractivity contribution in [3.63, 3.8) is 0 Å². The third-order valence-electron chi connectivity index (χ3n) is 5.27. The Morgan fingerprint density at radius 2 is 1.88 bits per heavy atom. The summed E-state index contributed by atoms with van der Waals surface area (Å²) in [4.78, 5) is 6.59. The Morgan fingerprint density at radius 1 is 1.12 bits per heavy atom. The van der Waals surface area contributed by atoms with E-state index >= 15 is 0 Å². The smallest absolute Gasteiger partial charge is 0.246 e. The number of rotatable bonds is 4. The van der Waals surface area contributed by atoms with Crippen molar-refractivity contribution in [2.24, 2.45) is 0 Å². The van der Waals surface area contributed by atoms with Gasteiger partial charge < -0.3 is 10.2 Å². The van der Waals surface area contributed by atoms with E-state index in [9.17, 15) is 8.42 Å². The van der Waals surface area contributed by atoms with Crippen LogP contribution in [-0.4, -0.2) is 43.6 Å². The maximum atomic E-state index is 12.6. The average molecular weight is 372 g/mol. The molecule has 1 spiro atoms. The molecule has 26 heavy (non-hydrogen) atoms. The Labute approximate surface area is 154 Å². The molecule has 6 nitrogen and oxygen atoms in total. The lowest BCUT2D eigenvalue weighted by atomic mass is 9.96. The number of piperidine rings is 1. The van der Waals surface area contributed by atoms with Crippen molar-refractivity contribution < 1.29 is 8.42 Å². The number of likely N-dealkylation sites (tertiary alicyclic amines) is 1. The van der Waals surface area contributed by atoms with Crippen LogP contribution in [0, 0.1) is 0 Å². The zero-order valence-electron chi connectivity index (χ0n) is 14.7. The molecule has 1 fully saturated rings. The Bertz CT molecular complexity index is 862. The molecule has 138 valence electrons. The SMILES string of the molecule is O=S1(=O)NC2(CCN(CCCc3ccccc3)CC2)Nc2ccncc21. The number of fused-ring (bicyclic) bond motifs is 1. The van der Waals surface area contributed by atoms with Crippen LogP contribution in [0.1, 0.15) is 24.8 Å². The number of hydrogen-bond acceptors (Lipinski definition) is 5. The van der Waals surface area contributed by atoms with E-state index < -0.39 is 15.7 Å². The molecule has 2 N–H and O–H groups in total. The molecular formula is C19H24N4O2S. The molecule has 0 bridgehead atoms. The molecule has 7 heteroatoms. The summed E-state index contributed by atoms with van der Waals surface area (Å²) in [5, 5.41) is 3.41. The Balaban J connectivity index is 1.35. The predicted octanol–water partition coefficient (Wildman–Crippen LogP) is 2.21. The number of hydrogen-bond donors (Lipinski definition) is 2. The van der Waals surface area contributed by atoms with Gasteiger partial charge in [-0.3, -0.25) is 4.98 Å². The van der Waals surface area contributed by atoms with Gasteiger partial charge in [0.1, 0.15) is 10.6 Å². The summed E-state index contributed by atoms with van der Waals surface area (Å²) in [6, 6.07) is 12.3. The highest BCUT2D eigenvalue weighted by Gasteiger charge is 2.43. The summed E-state index contributed by atoms with van der Waals surface area (Å²) in [7, 11) is -3.51. The van der Waals surface area contributed by atoms with Gasteiger partial charge in [-0.25, -0.2) is 8.42 Å². The van der Waals surface area contributed by atoms with Gasteiger partial charge >= 0.3 is 0 Å². The highest BCUT2D eigenvalue weighted by Crippen LogP contribution is 2.34. The van der Waals surface area contributed by atoms with E-state index in [0.717, 1.165) is 45.3 Å². The van der Waals surface area contributed by atoms with E-state index in [2.05, 4.69) is 44.2 Å². The highest BCUT2D eigenvalue weighted by molar-refractivity contribution is 7.89. The molecule has 2 aliphatic heterocycles. The number of aryl methyl sites for hydroxylation is 1. The third kappa shape index (κ3) is 3.60. The largest absolute Gasteiger partial charge is 0.365 e. The van der Waals surface area contributed by atoms with Crippen LogP contribution in [0.25, 0.3) is 0 Å². The standard InChI is InChI=1S/C19H24N4O2S/c24-26(25)18-15-20-11-8-17(18)21-19(22-26)9-13-23(14-10-19)12-4-7-16-5-2-1-3-6-16/h1-3,5-6,8,11,15,21-22H,4,7,9-10,12-14H2. The number of aromatic nitrogens is 1. The van der Waals surface area contributed by atoms with Crippen molar-refractivity contribution in [1.82, 2.24) is 14.6 Å². The summed E-state index contributed by atoms with van der Waals surface area (Å²) in [5.74, 6) is 0. The highest BCUT2D eigenvalue weighted by atomic mass is 32.2. The number of benzene rings is 1. The van der Waals surface area contributed by atoms with Gasteiger partial charge in [0.15, 0.2) is 0 Å². The van der Waals surface area contributed by atoms with Crippen LogP contribution < -0.4 is 10.0 Å². The molecule has 3 heterocycles. The van der Waals surface area contributed by atoms with Crippen LogP contribution in [0.15, 0.2) is 53.7 Å². The third-order valence-corrected chi connectivity index (χ3v) is 6.83. The summed E-state index contributed by atoms with van der Waals surface area (Å²) >= 11 is 0. The van der Waals surface area contributed by atoms with Crippen molar-refractivity contribution in [2.45, 2.75) is 36.2 Å². The number of anilines is 1. The number of pyridine rings is 1. The molecule has 2 aromatic rings. The van der Waals surface area contributed by atoms with Gasteiger partial charge in [-0.15, -0.1) is 0 Å². The normalized spacial score (nSPS) is 21.1. The van der Waals surface area contributed by atoms with Crippen LogP contribution >= 0.6 is 0 Å². The molecule has 2 aliphatic rings. The number of nitrogens with zero attached hydrogens (tertiary/aromatic N) is 2. The summed E-state index contributed by atoms with van der Waals surface area (Å²) in [6.45, 7) is 2.80.